The van der Waals surface area contributed by atoms with Gasteiger partial charge in [-0.25, -0.2) is 0 Å². The third kappa shape index (κ3) is 2.01. The SMILES string of the molecule is CCOc1cccc2c1C(C)CC(C)(C)N2. The number of ether oxygens (including phenoxy) is 1. The van der Waals surface area contributed by atoms with Gasteiger partial charge in [-0.3, -0.25) is 0 Å². The zero-order chi connectivity index (χ0) is 11.8. The molecular formula is C14H21NO. The average molecular weight is 219 g/mol. The van der Waals surface area contributed by atoms with E-state index >= 15 is 0 Å². The summed E-state index contributed by atoms with van der Waals surface area (Å²) in [6.45, 7) is 9.54. The standard InChI is InChI=1S/C14H21NO/c1-5-16-12-8-6-7-11-13(12)10(2)9-14(3,4)15-11/h6-8,10,15H,5,9H2,1-4H3. The van der Waals surface area contributed by atoms with Crippen molar-refractivity contribution < 1.29 is 4.74 Å². The van der Waals surface area contributed by atoms with Gasteiger partial charge in [-0.05, 0) is 45.2 Å². The van der Waals surface area contributed by atoms with Crippen molar-refractivity contribution in [3.8, 4) is 5.75 Å². The molecular weight excluding hydrogens is 198 g/mol. The molecule has 1 aromatic carbocycles. The number of benzene rings is 1. The summed E-state index contributed by atoms with van der Waals surface area (Å²) < 4.78 is 5.70. The zero-order valence-electron chi connectivity index (χ0n) is 10.6. The van der Waals surface area contributed by atoms with Gasteiger partial charge in [0.25, 0.3) is 0 Å². The molecule has 88 valence electrons. The highest BCUT2D eigenvalue weighted by Crippen LogP contribution is 2.43. The van der Waals surface area contributed by atoms with E-state index in [0.29, 0.717) is 5.92 Å². The minimum Gasteiger partial charge on any atom is -0.494 e. The second-order valence-corrected chi connectivity index (χ2v) is 5.26. The van der Waals surface area contributed by atoms with Gasteiger partial charge in [0.2, 0.25) is 0 Å². The number of nitrogens with one attached hydrogen (secondary N) is 1. The Kier molecular flexibility index (Phi) is 2.83. The third-order valence-corrected chi connectivity index (χ3v) is 3.15. The Morgan fingerprint density at radius 2 is 2.19 bits per heavy atom. The molecule has 0 radical (unpaired) electrons. The molecule has 0 aliphatic carbocycles. The van der Waals surface area contributed by atoms with Gasteiger partial charge in [0.05, 0.1) is 6.61 Å². The fourth-order valence-electron chi connectivity index (χ4n) is 2.73. The van der Waals surface area contributed by atoms with Crippen molar-refractivity contribution in [1.82, 2.24) is 0 Å². The van der Waals surface area contributed by atoms with Crippen LogP contribution in [0.5, 0.6) is 5.75 Å². The Labute approximate surface area is 98.0 Å². The summed E-state index contributed by atoms with van der Waals surface area (Å²) in [5, 5.41) is 3.59. The largest absolute Gasteiger partial charge is 0.494 e. The second kappa shape index (κ2) is 4.00. The Morgan fingerprint density at radius 3 is 2.88 bits per heavy atom. The maximum Gasteiger partial charge on any atom is 0.124 e. The Balaban J connectivity index is 2.43. The highest BCUT2D eigenvalue weighted by molar-refractivity contribution is 5.62. The van der Waals surface area contributed by atoms with Crippen molar-refractivity contribution in [2.75, 3.05) is 11.9 Å². The monoisotopic (exact) mass is 219 g/mol. The Morgan fingerprint density at radius 1 is 1.44 bits per heavy atom. The highest BCUT2D eigenvalue weighted by Gasteiger charge is 2.31. The lowest BCUT2D eigenvalue weighted by Gasteiger charge is -2.38. The van der Waals surface area contributed by atoms with Gasteiger partial charge >= 0.3 is 0 Å². The maximum atomic E-state index is 5.70. The molecule has 16 heavy (non-hydrogen) atoms. The van der Waals surface area contributed by atoms with E-state index in [9.17, 15) is 0 Å². The van der Waals surface area contributed by atoms with Gasteiger partial charge in [-0.15, -0.1) is 0 Å². The summed E-state index contributed by atoms with van der Waals surface area (Å²) in [6.07, 6.45) is 1.14. The van der Waals surface area contributed by atoms with Crippen LogP contribution in [0, 0.1) is 0 Å². The van der Waals surface area contributed by atoms with Crippen LogP contribution in [-0.4, -0.2) is 12.1 Å². The average Bonchev–Trinajstić information content (AvgIpc) is 2.15. The molecule has 1 N–H and O–H groups in total. The first-order valence-electron chi connectivity index (χ1n) is 6.07. The van der Waals surface area contributed by atoms with E-state index in [-0.39, 0.29) is 5.54 Å². The van der Waals surface area contributed by atoms with Crippen LogP contribution in [-0.2, 0) is 0 Å². The van der Waals surface area contributed by atoms with E-state index < -0.39 is 0 Å². The molecule has 0 saturated heterocycles. The molecule has 0 aromatic heterocycles. The fourth-order valence-corrected chi connectivity index (χ4v) is 2.73. The van der Waals surface area contributed by atoms with Crippen LogP contribution < -0.4 is 10.1 Å². The minimum atomic E-state index is 0.178. The van der Waals surface area contributed by atoms with E-state index in [0.717, 1.165) is 18.8 Å². The van der Waals surface area contributed by atoms with Crippen LogP contribution in [0.4, 0.5) is 5.69 Å². The van der Waals surface area contributed by atoms with E-state index in [1.807, 2.05) is 6.92 Å². The molecule has 1 aliphatic heterocycles. The van der Waals surface area contributed by atoms with E-state index in [4.69, 9.17) is 4.74 Å². The molecule has 2 nitrogen and oxygen atoms in total. The van der Waals surface area contributed by atoms with Crippen LogP contribution in [0.15, 0.2) is 18.2 Å². The van der Waals surface area contributed by atoms with Crippen LogP contribution in [0.3, 0.4) is 0 Å². The van der Waals surface area contributed by atoms with Crippen LogP contribution in [0.25, 0.3) is 0 Å². The van der Waals surface area contributed by atoms with Crippen LogP contribution in [0.2, 0.25) is 0 Å². The van der Waals surface area contributed by atoms with Crippen molar-refractivity contribution in [2.45, 2.75) is 45.6 Å². The minimum absolute atomic E-state index is 0.178. The lowest BCUT2D eigenvalue weighted by Crippen LogP contribution is -2.36. The molecule has 1 atom stereocenters. The first-order chi connectivity index (χ1) is 7.53. The molecule has 2 rings (SSSR count). The molecule has 1 aromatic rings. The smallest absolute Gasteiger partial charge is 0.124 e. The summed E-state index contributed by atoms with van der Waals surface area (Å²) in [5.41, 5.74) is 2.75. The quantitative estimate of drug-likeness (QED) is 0.817. The van der Waals surface area contributed by atoms with Gasteiger partial charge in [0.15, 0.2) is 0 Å². The van der Waals surface area contributed by atoms with E-state index in [1.165, 1.54) is 11.3 Å². The Bertz CT molecular complexity index is 384. The van der Waals surface area contributed by atoms with Crippen LogP contribution in [0.1, 0.15) is 45.6 Å². The summed E-state index contributed by atoms with van der Waals surface area (Å²) in [7, 11) is 0. The summed E-state index contributed by atoms with van der Waals surface area (Å²) in [5.74, 6) is 1.59. The van der Waals surface area contributed by atoms with Crippen molar-refractivity contribution in [1.29, 1.82) is 0 Å². The predicted molar refractivity (Wildman–Crippen MR) is 68.3 cm³/mol. The molecule has 0 saturated carbocycles. The number of anilines is 1. The Hall–Kier alpha value is -1.18. The van der Waals surface area contributed by atoms with E-state index in [1.54, 1.807) is 0 Å². The second-order valence-electron chi connectivity index (χ2n) is 5.26. The molecule has 1 heterocycles. The summed E-state index contributed by atoms with van der Waals surface area (Å²) in [4.78, 5) is 0. The fraction of sp³-hybridized carbons (Fsp3) is 0.571. The molecule has 2 heteroatoms. The molecule has 0 spiro atoms. The number of hydrogen-bond donors (Lipinski definition) is 1. The molecule has 0 bridgehead atoms. The number of rotatable bonds is 2. The molecule has 1 unspecified atom stereocenters. The third-order valence-electron chi connectivity index (χ3n) is 3.15. The predicted octanol–water partition coefficient (Wildman–Crippen LogP) is 3.78. The first kappa shape index (κ1) is 11.3. The maximum absolute atomic E-state index is 5.70. The van der Waals surface area contributed by atoms with Gasteiger partial charge in [0, 0.05) is 16.8 Å². The topological polar surface area (TPSA) is 21.3 Å². The number of hydrogen-bond acceptors (Lipinski definition) is 2. The van der Waals surface area contributed by atoms with Crippen molar-refractivity contribution in [3.05, 3.63) is 23.8 Å². The van der Waals surface area contributed by atoms with Crippen molar-refractivity contribution >= 4 is 5.69 Å². The van der Waals surface area contributed by atoms with Crippen molar-refractivity contribution in [3.63, 3.8) is 0 Å². The number of fused-ring (bicyclic) bond motifs is 1. The molecule has 1 aliphatic rings. The highest BCUT2D eigenvalue weighted by atomic mass is 16.5. The van der Waals surface area contributed by atoms with E-state index in [2.05, 4.69) is 44.3 Å². The molecule has 0 fully saturated rings. The normalized spacial score (nSPS) is 22.1. The van der Waals surface area contributed by atoms with Gasteiger partial charge in [-0.1, -0.05) is 13.0 Å². The van der Waals surface area contributed by atoms with Gasteiger partial charge < -0.3 is 10.1 Å². The molecule has 0 amide bonds. The lowest BCUT2D eigenvalue weighted by atomic mass is 9.81. The van der Waals surface area contributed by atoms with Crippen LogP contribution >= 0.6 is 0 Å². The van der Waals surface area contributed by atoms with Crippen molar-refractivity contribution in [2.24, 2.45) is 0 Å². The zero-order valence-corrected chi connectivity index (χ0v) is 10.6. The summed E-state index contributed by atoms with van der Waals surface area (Å²) >= 11 is 0. The lowest BCUT2D eigenvalue weighted by molar-refractivity contribution is 0.329. The van der Waals surface area contributed by atoms with Gasteiger partial charge in [0.1, 0.15) is 5.75 Å². The first-order valence-corrected chi connectivity index (χ1v) is 6.07. The van der Waals surface area contributed by atoms with Gasteiger partial charge in [-0.2, -0.15) is 0 Å². The summed E-state index contributed by atoms with van der Waals surface area (Å²) in [6, 6.07) is 6.28.